The summed E-state index contributed by atoms with van der Waals surface area (Å²) in [7, 11) is 1.36. The largest absolute Gasteiger partial charge is 0.469 e. The number of ether oxygens (including phenoxy) is 1. The van der Waals surface area contributed by atoms with Crippen molar-refractivity contribution in [3.8, 4) is 0 Å². The first-order chi connectivity index (χ1) is 7.20. The molecule has 0 radical (unpaired) electrons. The molecule has 0 aliphatic carbocycles. The Bertz CT molecular complexity index is 392. The van der Waals surface area contributed by atoms with Crippen LogP contribution in [0.15, 0.2) is 18.2 Å². The minimum Gasteiger partial charge on any atom is -0.469 e. The van der Waals surface area contributed by atoms with Crippen LogP contribution in [0.5, 0.6) is 0 Å². The van der Waals surface area contributed by atoms with Gasteiger partial charge in [-0.3, -0.25) is 4.79 Å². The van der Waals surface area contributed by atoms with Gasteiger partial charge in [0.15, 0.2) is 0 Å². The Balaban J connectivity index is 2.20. The Morgan fingerprint density at radius 3 is 3.20 bits per heavy atom. The van der Waals surface area contributed by atoms with Gasteiger partial charge in [0.1, 0.15) is 5.82 Å². The van der Waals surface area contributed by atoms with Crippen molar-refractivity contribution in [3.63, 3.8) is 0 Å². The van der Waals surface area contributed by atoms with Crippen LogP contribution < -0.4 is 5.32 Å². The monoisotopic (exact) mass is 209 g/mol. The summed E-state index contributed by atoms with van der Waals surface area (Å²) >= 11 is 0. The van der Waals surface area contributed by atoms with E-state index in [0.717, 1.165) is 11.3 Å². The SMILES string of the molecule is COC(=O)C[C@@H]1CNc2ccc(F)cc21. The number of methoxy groups -OCH3 is 1. The molecule has 3 nitrogen and oxygen atoms in total. The van der Waals surface area contributed by atoms with Gasteiger partial charge in [0.25, 0.3) is 0 Å². The molecule has 0 bridgehead atoms. The minimum atomic E-state index is -0.271. The Morgan fingerprint density at radius 1 is 1.67 bits per heavy atom. The summed E-state index contributed by atoms with van der Waals surface area (Å²) in [5, 5.41) is 3.13. The van der Waals surface area contributed by atoms with Crippen LogP contribution >= 0.6 is 0 Å². The molecule has 1 N–H and O–H groups in total. The molecule has 80 valence electrons. The van der Waals surface area contributed by atoms with Gasteiger partial charge in [0, 0.05) is 18.2 Å². The van der Waals surface area contributed by atoms with E-state index in [9.17, 15) is 9.18 Å². The van der Waals surface area contributed by atoms with E-state index < -0.39 is 0 Å². The molecule has 0 fully saturated rings. The van der Waals surface area contributed by atoms with Crippen LogP contribution in [-0.2, 0) is 9.53 Å². The van der Waals surface area contributed by atoms with Gasteiger partial charge < -0.3 is 10.1 Å². The molecule has 4 heteroatoms. The smallest absolute Gasteiger partial charge is 0.306 e. The second kappa shape index (κ2) is 3.88. The molecular weight excluding hydrogens is 197 g/mol. The molecule has 1 aromatic rings. The van der Waals surface area contributed by atoms with Crippen LogP contribution in [0.4, 0.5) is 10.1 Å². The fourth-order valence-electron chi connectivity index (χ4n) is 1.84. The fraction of sp³-hybridized carbons (Fsp3) is 0.364. The van der Waals surface area contributed by atoms with Crippen molar-refractivity contribution in [2.24, 2.45) is 0 Å². The maximum atomic E-state index is 13.0. The van der Waals surface area contributed by atoms with E-state index in [1.54, 1.807) is 6.07 Å². The van der Waals surface area contributed by atoms with Crippen LogP contribution in [0.25, 0.3) is 0 Å². The number of benzene rings is 1. The molecule has 15 heavy (non-hydrogen) atoms. The molecule has 0 aromatic heterocycles. The molecule has 1 atom stereocenters. The van der Waals surface area contributed by atoms with E-state index >= 15 is 0 Å². The number of halogens is 1. The van der Waals surface area contributed by atoms with Crippen molar-refractivity contribution in [1.82, 2.24) is 0 Å². The second-order valence-corrected chi connectivity index (χ2v) is 3.59. The molecular formula is C11H12FNO2. The van der Waals surface area contributed by atoms with E-state index in [2.05, 4.69) is 10.1 Å². The lowest BCUT2D eigenvalue weighted by Gasteiger charge is -2.07. The summed E-state index contributed by atoms with van der Waals surface area (Å²) in [6.45, 7) is 0.661. The number of anilines is 1. The molecule has 0 unspecified atom stereocenters. The number of hydrogen-bond acceptors (Lipinski definition) is 3. The second-order valence-electron chi connectivity index (χ2n) is 3.59. The molecule has 0 spiro atoms. The molecule has 1 heterocycles. The minimum absolute atomic E-state index is 0.0168. The first-order valence-corrected chi connectivity index (χ1v) is 4.81. The highest BCUT2D eigenvalue weighted by Crippen LogP contribution is 2.34. The molecule has 1 aromatic carbocycles. The van der Waals surface area contributed by atoms with E-state index in [4.69, 9.17) is 0 Å². The highest BCUT2D eigenvalue weighted by molar-refractivity contribution is 5.72. The van der Waals surface area contributed by atoms with E-state index in [1.807, 2.05) is 0 Å². The van der Waals surface area contributed by atoms with E-state index in [1.165, 1.54) is 19.2 Å². The lowest BCUT2D eigenvalue weighted by molar-refractivity contribution is -0.140. The highest BCUT2D eigenvalue weighted by atomic mass is 19.1. The first-order valence-electron chi connectivity index (χ1n) is 4.81. The van der Waals surface area contributed by atoms with Crippen molar-refractivity contribution in [2.45, 2.75) is 12.3 Å². The fourth-order valence-corrected chi connectivity index (χ4v) is 1.84. The van der Waals surface area contributed by atoms with Gasteiger partial charge in [-0.05, 0) is 23.8 Å². The molecule has 2 rings (SSSR count). The average Bonchev–Trinajstić information content (AvgIpc) is 2.61. The van der Waals surface area contributed by atoms with Crippen molar-refractivity contribution >= 4 is 11.7 Å². The predicted molar refractivity (Wildman–Crippen MR) is 54.3 cm³/mol. The Labute approximate surface area is 87.2 Å². The van der Waals surface area contributed by atoms with Crippen molar-refractivity contribution in [3.05, 3.63) is 29.6 Å². The summed E-state index contributed by atoms with van der Waals surface area (Å²) < 4.78 is 17.6. The van der Waals surface area contributed by atoms with Gasteiger partial charge >= 0.3 is 5.97 Å². The van der Waals surface area contributed by atoms with Gasteiger partial charge in [-0.25, -0.2) is 4.39 Å². The van der Waals surface area contributed by atoms with Crippen molar-refractivity contribution < 1.29 is 13.9 Å². The Morgan fingerprint density at radius 2 is 2.47 bits per heavy atom. The number of rotatable bonds is 2. The summed E-state index contributed by atoms with van der Waals surface area (Å²) in [4.78, 5) is 11.1. The standard InChI is InChI=1S/C11H12FNO2/c1-15-11(14)4-7-6-13-10-3-2-8(12)5-9(7)10/h2-3,5,7,13H,4,6H2,1H3/t7-/m1/s1. The van der Waals surface area contributed by atoms with Crippen LogP contribution in [0, 0.1) is 5.82 Å². The van der Waals surface area contributed by atoms with Gasteiger partial charge in [0.05, 0.1) is 13.5 Å². The van der Waals surface area contributed by atoms with Crippen molar-refractivity contribution in [2.75, 3.05) is 19.0 Å². The maximum absolute atomic E-state index is 13.0. The molecule has 0 amide bonds. The maximum Gasteiger partial charge on any atom is 0.306 e. The predicted octanol–water partition coefficient (Wildman–Crippen LogP) is 1.90. The zero-order chi connectivity index (χ0) is 10.8. The highest BCUT2D eigenvalue weighted by Gasteiger charge is 2.25. The van der Waals surface area contributed by atoms with E-state index in [-0.39, 0.29) is 17.7 Å². The number of hydrogen-bond donors (Lipinski definition) is 1. The quantitative estimate of drug-likeness (QED) is 0.756. The number of nitrogens with one attached hydrogen (secondary N) is 1. The topological polar surface area (TPSA) is 38.3 Å². The average molecular weight is 209 g/mol. The number of fused-ring (bicyclic) bond motifs is 1. The number of carbonyl (C=O) groups is 1. The lowest BCUT2D eigenvalue weighted by atomic mass is 9.98. The third kappa shape index (κ3) is 1.93. The number of esters is 1. The molecule has 0 saturated carbocycles. The van der Waals surface area contributed by atoms with Crippen molar-refractivity contribution in [1.29, 1.82) is 0 Å². The third-order valence-corrected chi connectivity index (χ3v) is 2.63. The normalized spacial score (nSPS) is 18.1. The van der Waals surface area contributed by atoms with E-state index in [0.29, 0.717) is 13.0 Å². The van der Waals surface area contributed by atoms with Crippen LogP contribution in [0.1, 0.15) is 17.9 Å². The zero-order valence-electron chi connectivity index (χ0n) is 8.42. The summed E-state index contributed by atoms with van der Waals surface area (Å²) in [6, 6.07) is 4.58. The summed E-state index contributed by atoms with van der Waals surface area (Å²) in [6.07, 6.45) is 0.292. The van der Waals surface area contributed by atoms with Gasteiger partial charge in [-0.15, -0.1) is 0 Å². The lowest BCUT2D eigenvalue weighted by Crippen LogP contribution is -2.10. The Kier molecular flexibility index (Phi) is 2.58. The van der Waals surface area contributed by atoms with Gasteiger partial charge in [-0.2, -0.15) is 0 Å². The van der Waals surface area contributed by atoms with Crippen LogP contribution in [0.3, 0.4) is 0 Å². The first kappa shape index (κ1) is 9.96. The summed E-state index contributed by atoms with van der Waals surface area (Å²) in [5.74, 6) is -0.519. The number of carbonyl (C=O) groups excluding carboxylic acids is 1. The van der Waals surface area contributed by atoms with Crippen LogP contribution in [0.2, 0.25) is 0 Å². The molecule has 0 saturated heterocycles. The van der Waals surface area contributed by atoms with Gasteiger partial charge in [0.2, 0.25) is 0 Å². The molecule has 1 aliphatic rings. The summed E-state index contributed by atoms with van der Waals surface area (Å²) in [5.41, 5.74) is 1.77. The molecule has 1 aliphatic heterocycles. The zero-order valence-corrected chi connectivity index (χ0v) is 8.42. The van der Waals surface area contributed by atoms with Gasteiger partial charge in [-0.1, -0.05) is 0 Å². The Hall–Kier alpha value is -1.58. The third-order valence-electron chi connectivity index (χ3n) is 2.63. The van der Waals surface area contributed by atoms with Crippen LogP contribution in [-0.4, -0.2) is 19.6 Å².